The fraction of sp³-hybridized carbons (Fsp3) is 0.875. The third-order valence-electron chi connectivity index (χ3n) is 4.99. The zero-order valence-corrected chi connectivity index (χ0v) is 12.3. The van der Waals surface area contributed by atoms with Gasteiger partial charge in [-0.05, 0) is 37.5 Å². The molecule has 0 aromatic rings. The standard InChI is InChI=1S/C16H26N2O/c1-3-8-16(12-17,9-4-2)15(19)18-10-13-6-5-7-14(13)11-18/h13-14H,3-11H2,1-2H3. The minimum absolute atomic E-state index is 0.119. The van der Waals surface area contributed by atoms with Gasteiger partial charge in [-0.25, -0.2) is 0 Å². The Labute approximate surface area is 117 Å². The van der Waals surface area contributed by atoms with Crippen molar-refractivity contribution in [2.45, 2.75) is 58.8 Å². The molecule has 19 heavy (non-hydrogen) atoms. The molecular formula is C16H26N2O. The van der Waals surface area contributed by atoms with E-state index in [1.165, 1.54) is 19.3 Å². The molecule has 2 aliphatic rings. The lowest BCUT2D eigenvalue weighted by molar-refractivity contribution is -0.139. The van der Waals surface area contributed by atoms with E-state index in [9.17, 15) is 10.1 Å². The number of fused-ring (bicyclic) bond motifs is 1. The quantitative estimate of drug-likeness (QED) is 0.762. The Morgan fingerprint density at radius 1 is 1.21 bits per heavy atom. The number of nitriles is 1. The number of nitrogens with zero attached hydrogens (tertiary/aromatic N) is 2. The van der Waals surface area contributed by atoms with Crippen LogP contribution in [-0.4, -0.2) is 23.9 Å². The molecule has 0 aromatic heterocycles. The van der Waals surface area contributed by atoms with Crippen molar-refractivity contribution in [1.82, 2.24) is 4.90 Å². The highest BCUT2D eigenvalue weighted by Crippen LogP contribution is 2.40. The van der Waals surface area contributed by atoms with Gasteiger partial charge >= 0.3 is 0 Å². The van der Waals surface area contributed by atoms with Crippen LogP contribution in [0.1, 0.15) is 58.8 Å². The van der Waals surface area contributed by atoms with Gasteiger partial charge in [-0.3, -0.25) is 4.79 Å². The minimum atomic E-state index is -0.748. The van der Waals surface area contributed by atoms with E-state index < -0.39 is 5.41 Å². The van der Waals surface area contributed by atoms with E-state index >= 15 is 0 Å². The Morgan fingerprint density at radius 3 is 2.16 bits per heavy atom. The van der Waals surface area contributed by atoms with Gasteiger partial charge in [0.15, 0.2) is 0 Å². The van der Waals surface area contributed by atoms with E-state index in [2.05, 4.69) is 19.9 Å². The second-order valence-electron chi connectivity index (χ2n) is 6.36. The number of rotatable bonds is 5. The Kier molecular flexibility index (Phi) is 4.50. The topological polar surface area (TPSA) is 44.1 Å². The molecule has 2 atom stereocenters. The molecule has 1 saturated carbocycles. The molecule has 3 heteroatoms. The van der Waals surface area contributed by atoms with E-state index in [1.807, 2.05) is 4.90 Å². The SMILES string of the molecule is CCCC(C#N)(CCC)C(=O)N1CC2CCCC2C1. The molecule has 106 valence electrons. The van der Waals surface area contributed by atoms with Gasteiger partial charge in [-0.2, -0.15) is 5.26 Å². The molecule has 0 aromatic carbocycles. The summed E-state index contributed by atoms with van der Waals surface area (Å²) >= 11 is 0. The smallest absolute Gasteiger partial charge is 0.243 e. The summed E-state index contributed by atoms with van der Waals surface area (Å²) in [5, 5.41) is 9.57. The Balaban J connectivity index is 2.09. The molecule has 1 heterocycles. The predicted molar refractivity (Wildman–Crippen MR) is 75.3 cm³/mol. The van der Waals surface area contributed by atoms with Crippen LogP contribution in [0.3, 0.4) is 0 Å². The van der Waals surface area contributed by atoms with Crippen molar-refractivity contribution in [2.24, 2.45) is 17.3 Å². The lowest BCUT2D eigenvalue weighted by atomic mass is 9.79. The number of amides is 1. The fourth-order valence-corrected chi connectivity index (χ4v) is 4.06. The van der Waals surface area contributed by atoms with Crippen molar-refractivity contribution >= 4 is 5.91 Å². The second kappa shape index (κ2) is 5.94. The van der Waals surface area contributed by atoms with Gasteiger partial charge in [0.25, 0.3) is 0 Å². The Hall–Kier alpha value is -1.04. The molecule has 1 aliphatic carbocycles. The van der Waals surface area contributed by atoms with Gasteiger partial charge in [0.2, 0.25) is 5.91 Å². The molecule has 0 spiro atoms. The lowest BCUT2D eigenvalue weighted by Gasteiger charge is -2.30. The first-order valence-corrected chi connectivity index (χ1v) is 7.87. The lowest BCUT2D eigenvalue weighted by Crippen LogP contribution is -2.42. The van der Waals surface area contributed by atoms with Gasteiger partial charge in [0, 0.05) is 13.1 Å². The number of hydrogen-bond acceptors (Lipinski definition) is 2. The summed E-state index contributed by atoms with van der Waals surface area (Å²) in [6.45, 7) is 5.93. The molecular weight excluding hydrogens is 236 g/mol. The van der Waals surface area contributed by atoms with Crippen molar-refractivity contribution in [3.8, 4) is 6.07 Å². The maximum Gasteiger partial charge on any atom is 0.243 e. The van der Waals surface area contributed by atoms with Crippen LogP contribution in [0, 0.1) is 28.6 Å². The first-order valence-electron chi connectivity index (χ1n) is 7.87. The van der Waals surface area contributed by atoms with E-state index in [0.717, 1.165) is 25.9 Å². The summed E-state index contributed by atoms with van der Waals surface area (Å²) in [4.78, 5) is 14.8. The van der Waals surface area contributed by atoms with E-state index in [0.29, 0.717) is 24.7 Å². The van der Waals surface area contributed by atoms with Crippen LogP contribution in [0.4, 0.5) is 0 Å². The molecule has 2 fully saturated rings. The van der Waals surface area contributed by atoms with Crippen molar-refractivity contribution in [3.05, 3.63) is 0 Å². The molecule has 2 unspecified atom stereocenters. The maximum absolute atomic E-state index is 12.8. The molecule has 1 amide bonds. The van der Waals surface area contributed by atoms with E-state index in [1.54, 1.807) is 0 Å². The molecule has 3 nitrogen and oxygen atoms in total. The molecule has 1 aliphatic heterocycles. The van der Waals surface area contributed by atoms with Gasteiger partial charge in [-0.1, -0.05) is 33.1 Å². The van der Waals surface area contributed by atoms with Crippen LogP contribution < -0.4 is 0 Å². The summed E-state index contributed by atoms with van der Waals surface area (Å²) in [5.41, 5.74) is -0.748. The zero-order chi connectivity index (χ0) is 13.9. The third-order valence-corrected chi connectivity index (χ3v) is 4.99. The van der Waals surface area contributed by atoms with Crippen molar-refractivity contribution in [1.29, 1.82) is 5.26 Å². The van der Waals surface area contributed by atoms with Gasteiger partial charge < -0.3 is 4.90 Å². The summed E-state index contributed by atoms with van der Waals surface area (Å²) in [5.74, 6) is 1.54. The van der Waals surface area contributed by atoms with Crippen LogP contribution in [0.15, 0.2) is 0 Å². The Bertz CT molecular complexity index is 353. The van der Waals surface area contributed by atoms with Crippen molar-refractivity contribution in [2.75, 3.05) is 13.1 Å². The number of hydrogen-bond donors (Lipinski definition) is 0. The molecule has 0 bridgehead atoms. The average Bonchev–Trinajstić information content (AvgIpc) is 2.98. The fourth-order valence-electron chi connectivity index (χ4n) is 4.06. The summed E-state index contributed by atoms with van der Waals surface area (Å²) in [6, 6.07) is 2.37. The molecule has 0 radical (unpaired) electrons. The highest BCUT2D eigenvalue weighted by atomic mass is 16.2. The van der Waals surface area contributed by atoms with Gasteiger partial charge in [-0.15, -0.1) is 0 Å². The first kappa shape index (κ1) is 14.4. The van der Waals surface area contributed by atoms with E-state index in [-0.39, 0.29) is 5.91 Å². The average molecular weight is 262 g/mol. The predicted octanol–water partition coefficient (Wildman–Crippen LogP) is 3.36. The second-order valence-corrected chi connectivity index (χ2v) is 6.36. The number of carbonyl (C=O) groups excluding carboxylic acids is 1. The number of likely N-dealkylation sites (tertiary alicyclic amines) is 1. The molecule has 1 saturated heterocycles. The maximum atomic E-state index is 12.8. The summed E-state index contributed by atoms with van der Waals surface area (Å²) in [6.07, 6.45) is 7.10. The van der Waals surface area contributed by atoms with E-state index in [4.69, 9.17) is 0 Å². The van der Waals surface area contributed by atoms with Crippen LogP contribution in [0.2, 0.25) is 0 Å². The zero-order valence-electron chi connectivity index (χ0n) is 12.3. The first-order chi connectivity index (χ1) is 9.16. The normalized spacial score (nSPS) is 26.3. The van der Waals surface area contributed by atoms with Crippen LogP contribution >= 0.6 is 0 Å². The molecule has 0 N–H and O–H groups in total. The highest BCUT2D eigenvalue weighted by molar-refractivity contribution is 5.85. The van der Waals surface area contributed by atoms with Crippen LogP contribution in [-0.2, 0) is 4.79 Å². The van der Waals surface area contributed by atoms with Crippen LogP contribution in [0.5, 0.6) is 0 Å². The van der Waals surface area contributed by atoms with Crippen molar-refractivity contribution < 1.29 is 4.79 Å². The van der Waals surface area contributed by atoms with Crippen molar-refractivity contribution in [3.63, 3.8) is 0 Å². The Morgan fingerprint density at radius 2 is 1.74 bits per heavy atom. The summed E-state index contributed by atoms with van der Waals surface area (Å²) in [7, 11) is 0. The van der Waals surface area contributed by atoms with Crippen LogP contribution in [0.25, 0.3) is 0 Å². The third kappa shape index (κ3) is 2.63. The van der Waals surface area contributed by atoms with Gasteiger partial charge in [0.05, 0.1) is 6.07 Å². The van der Waals surface area contributed by atoms with Gasteiger partial charge in [0.1, 0.15) is 5.41 Å². The monoisotopic (exact) mass is 262 g/mol. The minimum Gasteiger partial charge on any atom is -0.341 e. The molecule has 2 rings (SSSR count). The highest BCUT2D eigenvalue weighted by Gasteiger charge is 2.45. The number of carbonyl (C=O) groups is 1. The summed E-state index contributed by atoms with van der Waals surface area (Å²) < 4.78 is 0. The largest absolute Gasteiger partial charge is 0.341 e.